The molecule has 13 nitrogen and oxygen atoms in total. The number of hydrogen-bond donors (Lipinski definition) is 6. The third-order valence-electron chi connectivity index (χ3n) is 13.8. The average Bonchev–Trinajstić information content (AvgIpc) is 4.00. The van der Waals surface area contributed by atoms with E-state index < -0.39 is 22.4 Å². The van der Waals surface area contributed by atoms with Gasteiger partial charge in [-0.2, -0.15) is 0 Å². The summed E-state index contributed by atoms with van der Waals surface area (Å²) >= 11 is 0. The lowest BCUT2D eigenvalue weighted by molar-refractivity contribution is -0.0964. The van der Waals surface area contributed by atoms with Crippen molar-refractivity contribution >= 4 is 0 Å². The van der Waals surface area contributed by atoms with Crippen molar-refractivity contribution in [3.63, 3.8) is 0 Å². The summed E-state index contributed by atoms with van der Waals surface area (Å²) in [4.78, 5) is 16.2. The Labute approximate surface area is 395 Å². The monoisotopic (exact) mass is 916 g/mol. The second-order valence-corrected chi connectivity index (χ2v) is 23.5. The first-order valence-electron chi connectivity index (χ1n) is 25.7. The fourth-order valence-electron chi connectivity index (χ4n) is 8.96. The Morgan fingerprint density at radius 2 is 0.578 bits per heavy atom. The van der Waals surface area contributed by atoms with E-state index in [9.17, 15) is 20.4 Å². The maximum atomic E-state index is 9.57. The SMILES string of the molecule is CC(C)N1CC(C)(O)C1.CC(C)N1CC(C)(O)C1.CC(C)N1CCCC1.CC(C)N1CC[C@H](O)C1.CC(C)N1CC[C@H](O)C1.CC(C)N1CC[C@](C)(O)C1.CC(C)N1CC[C@](C)(O)C1. The minimum Gasteiger partial charge on any atom is -0.392 e. The fraction of sp³-hybridized carbons (Fsp3) is 1.00. The van der Waals surface area contributed by atoms with Crippen molar-refractivity contribution in [2.24, 2.45) is 0 Å². The van der Waals surface area contributed by atoms with Crippen LogP contribution in [0.1, 0.15) is 163 Å². The summed E-state index contributed by atoms with van der Waals surface area (Å²) in [6, 6.07) is 4.31. The summed E-state index contributed by atoms with van der Waals surface area (Å²) in [6.45, 7) is 51.7. The van der Waals surface area contributed by atoms with Gasteiger partial charge in [0.2, 0.25) is 0 Å². The normalized spacial score (nSPS) is 29.9. The molecule has 6 N–H and O–H groups in total. The maximum absolute atomic E-state index is 9.57. The Morgan fingerprint density at radius 3 is 0.688 bits per heavy atom. The molecule has 0 aromatic rings. The van der Waals surface area contributed by atoms with E-state index in [0.717, 1.165) is 110 Å². The molecule has 64 heavy (non-hydrogen) atoms. The summed E-state index contributed by atoms with van der Waals surface area (Å²) in [7, 11) is 0. The van der Waals surface area contributed by atoms with Gasteiger partial charge in [0.05, 0.1) is 34.6 Å². The molecular formula is C51H109N7O6. The molecule has 0 amide bonds. The minimum absolute atomic E-state index is 0.0626. The molecule has 4 atom stereocenters. The summed E-state index contributed by atoms with van der Waals surface area (Å²) in [5, 5.41) is 55.9. The van der Waals surface area contributed by atoms with Crippen molar-refractivity contribution in [3.8, 4) is 0 Å². The van der Waals surface area contributed by atoms with E-state index in [0.29, 0.717) is 36.3 Å². The molecular weight excluding hydrogens is 807 g/mol. The molecule has 7 saturated heterocycles. The Morgan fingerprint density at radius 1 is 0.328 bits per heavy atom. The number of likely N-dealkylation sites (tertiary alicyclic amines) is 7. The van der Waals surface area contributed by atoms with Gasteiger partial charge in [-0.25, -0.2) is 0 Å². The quantitative estimate of drug-likeness (QED) is 0.203. The molecule has 7 aliphatic heterocycles. The maximum Gasteiger partial charge on any atom is 0.0872 e. The van der Waals surface area contributed by atoms with Crippen LogP contribution in [0.5, 0.6) is 0 Å². The smallest absolute Gasteiger partial charge is 0.0872 e. The van der Waals surface area contributed by atoms with Gasteiger partial charge in [-0.3, -0.25) is 29.4 Å². The number of β-amino-alcohol motifs (C(OH)–C–C–N with tert-alkyl or cyclic N) is 6. The van der Waals surface area contributed by atoms with Gasteiger partial charge in [0.1, 0.15) is 0 Å². The van der Waals surface area contributed by atoms with Crippen molar-refractivity contribution in [1.82, 2.24) is 34.3 Å². The lowest BCUT2D eigenvalue weighted by Crippen LogP contribution is -2.61. The molecule has 0 aromatic heterocycles. The molecule has 7 heterocycles. The lowest BCUT2D eigenvalue weighted by Gasteiger charge is -2.46. The van der Waals surface area contributed by atoms with E-state index in [1.165, 1.54) is 25.9 Å². The Kier molecular flexibility index (Phi) is 27.1. The van der Waals surface area contributed by atoms with Gasteiger partial charge in [0.15, 0.2) is 0 Å². The zero-order chi connectivity index (χ0) is 49.4. The first kappa shape index (κ1) is 61.5. The third kappa shape index (κ3) is 25.2. The van der Waals surface area contributed by atoms with Gasteiger partial charge in [0, 0.05) is 121 Å². The van der Waals surface area contributed by atoms with Crippen LogP contribution in [-0.4, -0.2) is 233 Å². The highest BCUT2D eigenvalue weighted by Crippen LogP contribution is 2.24. The van der Waals surface area contributed by atoms with E-state index in [-0.39, 0.29) is 12.2 Å². The molecule has 0 unspecified atom stereocenters. The summed E-state index contributed by atoms with van der Waals surface area (Å²) in [6.07, 6.45) is 6.46. The topological polar surface area (TPSA) is 144 Å². The minimum atomic E-state index is -0.426. The first-order valence-corrected chi connectivity index (χ1v) is 25.7. The molecule has 0 spiro atoms. The van der Waals surface area contributed by atoms with Crippen LogP contribution in [0, 0.1) is 0 Å². The van der Waals surface area contributed by atoms with Crippen molar-refractivity contribution in [2.75, 3.05) is 91.6 Å². The van der Waals surface area contributed by atoms with Gasteiger partial charge >= 0.3 is 0 Å². The predicted octanol–water partition coefficient (Wildman–Crippen LogP) is 5.04. The Bertz CT molecular complexity index is 1130. The highest BCUT2D eigenvalue weighted by Gasteiger charge is 2.38. The Balaban J connectivity index is 0.000000374. The largest absolute Gasteiger partial charge is 0.392 e. The number of rotatable bonds is 7. The number of hydrogen-bond acceptors (Lipinski definition) is 13. The molecule has 0 aliphatic carbocycles. The van der Waals surface area contributed by atoms with Crippen molar-refractivity contribution in [3.05, 3.63) is 0 Å². The molecule has 7 rings (SSSR count). The Hall–Kier alpha value is -0.520. The third-order valence-corrected chi connectivity index (χ3v) is 13.8. The predicted molar refractivity (Wildman–Crippen MR) is 269 cm³/mol. The highest BCUT2D eigenvalue weighted by molar-refractivity contribution is 4.93. The molecule has 7 fully saturated rings. The number of aliphatic hydroxyl groups is 6. The molecule has 7 aliphatic rings. The van der Waals surface area contributed by atoms with Crippen molar-refractivity contribution < 1.29 is 30.6 Å². The highest BCUT2D eigenvalue weighted by atomic mass is 16.3. The summed E-state index contributed by atoms with van der Waals surface area (Å²) in [5.41, 5.74) is -1.65. The van der Waals surface area contributed by atoms with Crippen LogP contribution in [0.15, 0.2) is 0 Å². The van der Waals surface area contributed by atoms with Crippen molar-refractivity contribution in [1.29, 1.82) is 0 Å². The number of nitrogens with zero attached hydrogens (tertiary/aromatic N) is 7. The van der Waals surface area contributed by atoms with E-state index in [2.05, 4.69) is 131 Å². The van der Waals surface area contributed by atoms with Crippen LogP contribution in [0.2, 0.25) is 0 Å². The van der Waals surface area contributed by atoms with E-state index in [4.69, 9.17) is 10.2 Å². The second kappa shape index (κ2) is 28.2. The van der Waals surface area contributed by atoms with Crippen LogP contribution < -0.4 is 0 Å². The van der Waals surface area contributed by atoms with E-state index in [1.807, 2.05) is 27.7 Å². The van der Waals surface area contributed by atoms with Gasteiger partial charge in [-0.05, 0) is 176 Å². The van der Waals surface area contributed by atoms with Crippen LogP contribution in [0.3, 0.4) is 0 Å². The van der Waals surface area contributed by atoms with Gasteiger partial charge in [-0.1, -0.05) is 0 Å². The second-order valence-electron chi connectivity index (χ2n) is 23.5. The zero-order valence-corrected chi connectivity index (χ0v) is 45.2. The molecule has 0 radical (unpaired) electrons. The summed E-state index contributed by atoms with van der Waals surface area (Å²) < 4.78 is 0. The van der Waals surface area contributed by atoms with Gasteiger partial charge in [0.25, 0.3) is 0 Å². The lowest BCUT2D eigenvalue weighted by atomic mass is 9.95. The molecule has 13 heteroatoms. The molecule has 0 bridgehead atoms. The van der Waals surface area contributed by atoms with Gasteiger partial charge in [-0.15, -0.1) is 0 Å². The van der Waals surface area contributed by atoms with E-state index >= 15 is 0 Å². The first-order chi connectivity index (χ1) is 29.2. The molecule has 384 valence electrons. The summed E-state index contributed by atoms with van der Waals surface area (Å²) in [5.74, 6) is 0. The van der Waals surface area contributed by atoms with E-state index in [1.54, 1.807) is 0 Å². The molecule has 0 aromatic carbocycles. The van der Waals surface area contributed by atoms with Crippen LogP contribution in [-0.2, 0) is 0 Å². The zero-order valence-electron chi connectivity index (χ0n) is 45.2. The van der Waals surface area contributed by atoms with Crippen LogP contribution in [0.4, 0.5) is 0 Å². The average molecular weight is 916 g/mol. The number of aliphatic hydroxyl groups excluding tert-OH is 2. The molecule has 0 saturated carbocycles. The van der Waals surface area contributed by atoms with Crippen LogP contribution in [0.25, 0.3) is 0 Å². The van der Waals surface area contributed by atoms with Gasteiger partial charge < -0.3 is 35.5 Å². The van der Waals surface area contributed by atoms with Crippen molar-refractivity contribution in [2.45, 2.75) is 240 Å². The standard InChI is InChI=1S/2C8H17NO.4C7H15NO.C7H15N/c2*1-7(2)9-5-4-8(3,10)6-9;2*1-6(2)8-4-7(3,9)5-8;2*1-6(2)8-4-3-7(9)5-8;1-7(2)8-5-3-4-6-8/h2*7,10H,4-6H2,1-3H3;2*6,9H,4-5H2,1-3H3;2*6-7,9H,3-5H2,1-2H3;7H,3-6H2,1-2H3/t2*8-;;;2*7-;/m00..00./s1. The fourth-order valence-corrected chi connectivity index (χ4v) is 8.96. The van der Waals surface area contributed by atoms with Crippen LogP contribution >= 0.6 is 0 Å².